The van der Waals surface area contributed by atoms with Crippen LogP contribution < -0.4 is 21.3 Å². The number of urea groups is 1. The van der Waals surface area contributed by atoms with Gasteiger partial charge >= 0.3 is 6.03 Å². The first-order valence-electron chi connectivity index (χ1n) is 16.2. The van der Waals surface area contributed by atoms with Gasteiger partial charge in [0.1, 0.15) is 17.3 Å². The third-order valence-corrected chi connectivity index (χ3v) is 9.89. The molecule has 3 aromatic rings. The van der Waals surface area contributed by atoms with E-state index in [0.717, 1.165) is 48.8 Å². The van der Waals surface area contributed by atoms with Crippen molar-refractivity contribution in [3.8, 4) is 6.07 Å². The maximum absolute atomic E-state index is 13.8. The summed E-state index contributed by atoms with van der Waals surface area (Å²) in [5.74, 6) is -0.861. The molecule has 2 fully saturated rings. The highest BCUT2D eigenvalue weighted by Crippen LogP contribution is 2.38. The van der Waals surface area contributed by atoms with Crippen LogP contribution in [0.3, 0.4) is 0 Å². The van der Waals surface area contributed by atoms with Crippen LogP contribution in [0.4, 0.5) is 10.5 Å². The fourth-order valence-electron chi connectivity index (χ4n) is 7.42. The topological polar surface area (TPSA) is 161 Å². The summed E-state index contributed by atoms with van der Waals surface area (Å²) >= 11 is 0. The third-order valence-electron chi connectivity index (χ3n) is 9.89. The number of benzene rings is 2. The predicted molar refractivity (Wildman–Crippen MR) is 174 cm³/mol. The van der Waals surface area contributed by atoms with E-state index in [4.69, 9.17) is 5.26 Å². The van der Waals surface area contributed by atoms with Crippen molar-refractivity contribution in [1.29, 1.82) is 5.26 Å². The zero-order valence-corrected chi connectivity index (χ0v) is 26.7. The summed E-state index contributed by atoms with van der Waals surface area (Å²) in [5.41, 5.74) is 3.20. The lowest BCUT2D eigenvalue weighted by Crippen LogP contribution is -2.60. The SMILES string of the molecule is CNC(=O)C1(N2CC(Cc3ccc(C#N)cc3)NC2=O)Cc2ccc(NC(=O)[C@@H](NC(=O)c3ccnn3C)C3CCCCC3)cc2C1. The second-order valence-electron chi connectivity index (χ2n) is 12.9. The van der Waals surface area contributed by atoms with E-state index >= 15 is 0 Å². The Hall–Kier alpha value is -5.18. The second-order valence-corrected chi connectivity index (χ2v) is 12.9. The molecule has 12 heteroatoms. The Morgan fingerprint density at radius 2 is 1.81 bits per heavy atom. The molecule has 4 N–H and O–H groups in total. The third kappa shape index (κ3) is 6.43. The van der Waals surface area contributed by atoms with Crippen LogP contribution in [0, 0.1) is 17.2 Å². The first-order chi connectivity index (χ1) is 22.7. The Balaban J connectivity index is 1.18. The molecule has 1 saturated carbocycles. The number of aromatic nitrogens is 2. The molecule has 6 rings (SSSR count). The van der Waals surface area contributed by atoms with Gasteiger partial charge in [-0.25, -0.2) is 4.79 Å². The standard InChI is InChI=1S/C35H40N8O4/c1-37-33(46)35(43-21-28(40-34(43)47)16-22-8-10-23(20-36)11-9-22)18-25-12-13-27(17-26(25)19-35)39-32(45)30(24-6-4-3-5-7-24)41-31(44)29-14-15-38-42(29)2/h8-15,17,24,28,30H,3-7,16,18-19,21H2,1-2H3,(H,37,46)(H,39,45)(H,40,47)(H,41,44)/t28?,30-,35?/m0/s1. The van der Waals surface area contributed by atoms with Gasteiger partial charge < -0.3 is 26.2 Å². The van der Waals surface area contributed by atoms with E-state index < -0.39 is 11.6 Å². The molecule has 5 amide bonds. The molecule has 1 aliphatic heterocycles. The fourth-order valence-corrected chi connectivity index (χ4v) is 7.42. The van der Waals surface area contributed by atoms with E-state index in [1.54, 1.807) is 43.4 Å². The summed E-state index contributed by atoms with van der Waals surface area (Å²) < 4.78 is 1.49. The molecule has 2 heterocycles. The first kappa shape index (κ1) is 31.8. The number of hydrogen-bond acceptors (Lipinski definition) is 6. The number of aryl methyl sites for hydroxylation is 1. The van der Waals surface area contributed by atoms with Crippen molar-refractivity contribution in [3.63, 3.8) is 0 Å². The molecule has 0 bridgehead atoms. The largest absolute Gasteiger partial charge is 0.357 e. The summed E-state index contributed by atoms with van der Waals surface area (Å²) in [6, 6.07) is 15.4. The number of carbonyl (C=O) groups excluding carboxylic acids is 4. The summed E-state index contributed by atoms with van der Waals surface area (Å²) in [7, 11) is 3.27. The fraction of sp³-hybridized carbons (Fsp3) is 0.429. The van der Waals surface area contributed by atoms with Gasteiger partial charge in [-0.15, -0.1) is 0 Å². The average molecular weight is 637 g/mol. The molecule has 1 aromatic heterocycles. The lowest BCUT2D eigenvalue weighted by molar-refractivity contribution is -0.130. The van der Waals surface area contributed by atoms with Crippen molar-refractivity contribution in [2.24, 2.45) is 13.0 Å². The molecule has 12 nitrogen and oxygen atoms in total. The van der Waals surface area contributed by atoms with Crippen LogP contribution in [0.2, 0.25) is 0 Å². The minimum absolute atomic E-state index is 0.0159. The van der Waals surface area contributed by atoms with Crippen LogP contribution in [0.1, 0.15) is 64.8 Å². The van der Waals surface area contributed by atoms with E-state index in [1.165, 1.54) is 4.68 Å². The highest BCUT2D eigenvalue weighted by Gasteiger charge is 2.53. The van der Waals surface area contributed by atoms with Gasteiger partial charge in [0, 0.05) is 45.4 Å². The lowest BCUT2D eigenvalue weighted by atomic mass is 9.83. The van der Waals surface area contributed by atoms with E-state index in [1.807, 2.05) is 30.3 Å². The van der Waals surface area contributed by atoms with Gasteiger partial charge in [0.25, 0.3) is 5.91 Å². The number of amides is 5. The number of nitrogens with zero attached hydrogens (tertiary/aromatic N) is 4. The molecule has 2 aromatic carbocycles. The van der Waals surface area contributed by atoms with Gasteiger partial charge in [-0.3, -0.25) is 19.1 Å². The molecule has 3 atom stereocenters. The van der Waals surface area contributed by atoms with E-state index in [2.05, 4.69) is 32.4 Å². The Morgan fingerprint density at radius 1 is 1.06 bits per heavy atom. The minimum Gasteiger partial charge on any atom is -0.357 e. The Labute approximate surface area is 273 Å². The van der Waals surface area contributed by atoms with Crippen molar-refractivity contribution in [2.75, 3.05) is 18.9 Å². The molecule has 0 radical (unpaired) electrons. The highest BCUT2D eigenvalue weighted by molar-refractivity contribution is 6.01. The van der Waals surface area contributed by atoms with Crippen LogP contribution in [0.5, 0.6) is 0 Å². The van der Waals surface area contributed by atoms with Crippen molar-refractivity contribution >= 4 is 29.4 Å². The maximum Gasteiger partial charge on any atom is 0.318 e. The number of hydrogen-bond donors (Lipinski definition) is 4. The Bertz CT molecular complexity index is 1720. The summed E-state index contributed by atoms with van der Waals surface area (Å²) in [5, 5.41) is 25.0. The molecule has 1 saturated heterocycles. The quantitative estimate of drug-likeness (QED) is 0.283. The average Bonchev–Trinajstić information content (AvgIpc) is 3.80. The second kappa shape index (κ2) is 13.3. The lowest BCUT2D eigenvalue weighted by Gasteiger charge is -2.36. The molecule has 47 heavy (non-hydrogen) atoms. The van der Waals surface area contributed by atoms with Crippen LogP contribution in [-0.4, -0.2) is 69.6 Å². The van der Waals surface area contributed by atoms with Gasteiger partial charge in [0.15, 0.2) is 0 Å². The molecule has 0 spiro atoms. The van der Waals surface area contributed by atoms with Gasteiger partial charge in [0.2, 0.25) is 11.8 Å². The number of rotatable bonds is 9. The number of anilines is 1. The highest BCUT2D eigenvalue weighted by atomic mass is 16.2. The number of carbonyl (C=O) groups is 4. The van der Waals surface area contributed by atoms with Gasteiger partial charge in [-0.2, -0.15) is 10.4 Å². The molecule has 2 aliphatic carbocycles. The zero-order chi connectivity index (χ0) is 33.1. The maximum atomic E-state index is 13.8. The molecular weight excluding hydrogens is 596 g/mol. The van der Waals surface area contributed by atoms with Crippen molar-refractivity contribution in [1.82, 2.24) is 30.6 Å². The first-order valence-corrected chi connectivity index (χ1v) is 16.2. The number of nitrogens with one attached hydrogen (secondary N) is 4. The molecule has 3 aliphatic rings. The monoisotopic (exact) mass is 636 g/mol. The van der Waals surface area contributed by atoms with Gasteiger partial charge in [-0.05, 0) is 72.2 Å². The normalized spacial score (nSPS) is 21.3. The zero-order valence-electron chi connectivity index (χ0n) is 26.7. The molecular formula is C35H40N8O4. The molecule has 244 valence electrons. The minimum atomic E-state index is -1.12. The predicted octanol–water partition coefficient (Wildman–Crippen LogP) is 2.83. The molecule has 2 unspecified atom stereocenters. The van der Waals surface area contributed by atoms with E-state index in [0.29, 0.717) is 42.8 Å². The van der Waals surface area contributed by atoms with Gasteiger partial charge in [-0.1, -0.05) is 37.5 Å². The van der Waals surface area contributed by atoms with E-state index in [-0.39, 0.29) is 35.7 Å². The summed E-state index contributed by atoms with van der Waals surface area (Å²) in [6.07, 6.45) is 7.60. The smallest absolute Gasteiger partial charge is 0.318 e. The van der Waals surface area contributed by atoms with Crippen molar-refractivity contribution in [3.05, 3.63) is 82.7 Å². The van der Waals surface area contributed by atoms with Crippen LogP contribution >= 0.6 is 0 Å². The summed E-state index contributed by atoms with van der Waals surface area (Å²) in [4.78, 5) is 55.4. The van der Waals surface area contributed by atoms with Crippen LogP contribution in [0.25, 0.3) is 0 Å². The number of likely N-dealkylation sites (N-methyl/N-ethyl adjacent to an activating group) is 1. The Morgan fingerprint density at radius 3 is 2.49 bits per heavy atom. The van der Waals surface area contributed by atoms with Crippen molar-refractivity contribution in [2.45, 2.75) is 69.0 Å². The number of fused-ring (bicyclic) bond motifs is 1. The van der Waals surface area contributed by atoms with Crippen LogP contribution in [0.15, 0.2) is 54.7 Å². The number of nitriles is 1. The van der Waals surface area contributed by atoms with Crippen molar-refractivity contribution < 1.29 is 19.2 Å². The summed E-state index contributed by atoms with van der Waals surface area (Å²) in [6.45, 7) is 0.350. The van der Waals surface area contributed by atoms with Gasteiger partial charge in [0.05, 0.1) is 17.7 Å². The Kier molecular flexibility index (Phi) is 8.98. The van der Waals surface area contributed by atoms with Crippen LogP contribution in [-0.2, 0) is 35.9 Å². The van der Waals surface area contributed by atoms with E-state index in [9.17, 15) is 19.2 Å².